The first kappa shape index (κ1) is 14.2. The summed E-state index contributed by atoms with van der Waals surface area (Å²) in [5.41, 5.74) is 1.82. The quantitative estimate of drug-likeness (QED) is 0.841. The number of aliphatic hydroxyl groups excluding tert-OH is 1. The lowest BCUT2D eigenvalue weighted by molar-refractivity contribution is 0.102. The number of para-hydroxylation sites is 1. The molecule has 0 saturated carbocycles. The average molecular weight is 385 g/mol. The third kappa shape index (κ3) is 3.43. The Kier molecular flexibility index (Phi) is 4.74. The molecule has 0 radical (unpaired) electrons. The zero-order valence-electron chi connectivity index (χ0n) is 9.86. The molecule has 0 saturated heterocycles. The number of hydrogen-bond donors (Lipinski definition) is 2. The summed E-state index contributed by atoms with van der Waals surface area (Å²) in [4.78, 5) is 12.2. The summed E-state index contributed by atoms with van der Waals surface area (Å²) in [5.74, 6) is -0.228. The van der Waals surface area contributed by atoms with E-state index in [2.05, 4.69) is 37.2 Å². The molecule has 0 fully saturated rings. The number of anilines is 1. The summed E-state index contributed by atoms with van der Waals surface area (Å²) in [6.07, 6.45) is 0. The van der Waals surface area contributed by atoms with Gasteiger partial charge in [-0.15, -0.1) is 0 Å². The molecule has 0 bridgehead atoms. The monoisotopic (exact) mass is 383 g/mol. The summed E-state index contributed by atoms with van der Waals surface area (Å²) >= 11 is 6.69. The Morgan fingerprint density at radius 1 is 1.16 bits per heavy atom. The summed E-state index contributed by atoms with van der Waals surface area (Å²) in [7, 11) is 0. The van der Waals surface area contributed by atoms with Crippen LogP contribution >= 0.6 is 31.9 Å². The predicted octanol–water partition coefficient (Wildman–Crippen LogP) is 3.96. The molecule has 0 aromatic heterocycles. The van der Waals surface area contributed by atoms with E-state index in [0.29, 0.717) is 16.8 Å². The van der Waals surface area contributed by atoms with E-state index in [-0.39, 0.29) is 12.5 Å². The highest BCUT2D eigenvalue weighted by atomic mass is 79.9. The zero-order valence-corrected chi connectivity index (χ0v) is 13.0. The average Bonchev–Trinajstić information content (AvgIpc) is 2.42. The third-order valence-electron chi connectivity index (χ3n) is 2.61. The molecular weight excluding hydrogens is 374 g/mol. The van der Waals surface area contributed by atoms with E-state index in [0.717, 1.165) is 8.95 Å². The molecule has 19 heavy (non-hydrogen) atoms. The molecule has 2 aromatic rings. The lowest BCUT2D eigenvalue weighted by Gasteiger charge is -2.10. The van der Waals surface area contributed by atoms with Crippen LogP contribution in [0, 0.1) is 0 Å². The summed E-state index contributed by atoms with van der Waals surface area (Å²) < 4.78 is 1.55. The maximum absolute atomic E-state index is 12.2. The van der Waals surface area contributed by atoms with Crippen LogP contribution in [0.15, 0.2) is 51.4 Å². The largest absolute Gasteiger partial charge is 0.392 e. The van der Waals surface area contributed by atoms with Crippen molar-refractivity contribution in [2.24, 2.45) is 0 Å². The molecule has 0 heterocycles. The molecule has 0 aliphatic carbocycles. The summed E-state index contributed by atoms with van der Waals surface area (Å²) in [6, 6.07) is 12.5. The molecule has 2 rings (SSSR count). The number of amides is 1. The summed E-state index contributed by atoms with van der Waals surface area (Å²) in [5, 5.41) is 12.0. The molecule has 1 amide bonds. The van der Waals surface area contributed by atoms with Crippen LogP contribution in [0.3, 0.4) is 0 Å². The number of carbonyl (C=O) groups excluding carboxylic acids is 1. The number of carbonyl (C=O) groups is 1. The number of nitrogens with one attached hydrogen (secondary N) is 1. The Morgan fingerprint density at radius 3 is 2.63 bits per heavy atom. The van der Waals surface area contributed by atoms with Gasteiger partial charge in [-0.3, -0.25) is 4.79 Å². The van der Waals surface area contributed by atoms with Gasteiger partial charge in [-0.05, 0) is 40.2 Å². The molecule has 0 atom stereocenters. The van der Waals surface area contributed by atoms with Crippen LogP contribution in [0.4, 0.5) is 5.69 Å². The highest BCUT2D eigenvalue weighted by Crippen LogP contribution is 2.23. The van der Waals surface area contributed by atoms with Crippen molar-refractivity contribution in [2.45, 2.75) is 6.61 Å². The minimum absolute atomic E-state index is 0.115. The number of rotatable bonds is 3. The first-order valence-corrected chi connectivity index (χ1v) is 7.15. The Bertz CT molecular complexity index is 614. The first-order chi connectivity index (χ1) is 9.11. The van der Waals surface area contributed by atoms with Crippen molar-refractivity contribution in [3.8, 4) is 0 Å². The molecular formula is C14H11Br2NO2. The Labute approximate surface area is 127 Å². The molecule has 98 valence electrons. The fourth-order valence-electron chi connectivity index (χ4n) is 1.64. The fraction of sp³-hybridized carbons (Fsp3) is 0.0714. The van der Waals surface area contributed by atoms with E-state index in [1.165, 1.54) is 0 Å². The van der Waals surface area contributed by atoms with Gasteiger partial charge in [0, 0.05) is 20.2 Å². The number of halogens is 2. The van der Waals surface area contributed by atoms with Gasteiger partial charge in [-0.2, -0.15) is 0 Å². The normalized spacial score (nSPS) is 10.3. The minimum atomic E-state index is -0.228. The molecule has 0 unspecified atom stereocenters. The SMILES string of the molecule is O=C(Nc1ccccc1CO)c1cc(Br)ccc1Br. The lowest BCUT2D eigenvalue weighted by atomic mass is 10.1. The second kappa shape index (κ2) is 6.32. The van der Waals surface area contributed by atoms with Crippen molar-refractivity contribution in [3.05, 3.63) is 62.5 Å². The van der Waals surface area contributed by atoms with Gasteiger partial charge >= 0.3 is 0 Å². The van der Waals surface area contributed by atoms with Crippen molar-refractivity contribution >= 4 is 43.5 Å². The highest BCUT2D eigenvalue weighted by Gasteiger charge is 2.12. The Hall–Kier alpha value is -1.17. The molecule has 2 aromatic carbocycles. The van der Waals surface area contributed by atoms with E-state index in [9.17, 15) is 9.90 Å². The molecule has 0 aliphatic heterocycles. The fourth-order valence-corrected chi connectivity index (χ4v) is 2.43. The number of benzene rings is 2. The van der Waals surface area contributed by atoms with E-state index in [4.69, 9.17) is 0 Å². The standard InChI is InChI=1S/C14H11Br2NO2/c15-10-5-6-12(16)11(7-10)14(19)17-13-4-2-1-3-9(13)8-18/h1-7,18H,8H2,(H,17,19). The zero-order chi connectivity index (χ0) is 13.8. The lowest BCUT2D eigenvalue weighted by Crippen LogP contribution is -2.14. The van der Waals surface area contributed by atoms with E-state index in [1.54, 1.807) is 24.3 Å². The second-order valence-electron chi connectivity index (χ2n) is 3.89. The smallest absolute Gasteiger partial charge is 0.256 e. The van der Waals surface area contributed by atoms with Crippen LogP contribution in [0.1, 0.15) is 15.9 Å². The maximum Gasteiger partial charge on any atom is 0.256 e. The number of aliphatic hydroxyl groups is 1. The van der Waals surface area contributed by atoms with Gasteiger partial charge in [0.2, 0.25) is 0 Å². The topological polar surface area (TPSA) is 49.3 Å². The van der Waals surface area contributed by atoms with Crippen LogP contribution in [-0.4, -0.2) is 11.0 Å². The molecule has 0 spiro atoms. The van der Waals surface area contributed by atoms with E-state index >= 15 is 0 Å². The van der Waals surface area contributed by atoms with Crippen molar-refractivity contribution in [3.63, 3.8) is 0 Å². The van der Waals surface area contributed by atoms with Crippen molar-refractivity contribution < 1.29 is 9.90 Å². The third-order valence-corrected chi connectivity index (χ3v) is 3.79. The Morgan fingerprint density at radius 2 is 1.89 bits per heavy atom. The molecule has 2 N–H and O–H groups in total. The van der Waals surface area contributed by atoms with Gasteiger partial charge in [0.15, 0.2) is 0 Å². The first-order valence-electron chi connectivity index (χ1n) is 5.57. The van der Waals surface area contributed by atoms with Crippen LogP contribution in [-0.2, 0) is 6.61 Å². The van der Waals surface area contributed by atoms with Crippen molar-refractivity contribution in [1.82, 2.24) is 0 Å². The van der Waals surface area contributed by atoms with Gasteiger partial charge in [0.05, 0.1) is 12.2 Å². The van der Waals surface area contributed by atoms with E-state index < -0.39 is 0 Å². The van der Waals surface area contributed by atoms with Gasteiger partial charge in [-0.1, -0.05) is 34.1 Å². The van der Waals surface area contributed by atoms with Crippen molar-refractivity contribution in [2.75, 3.05) is 5.32 Å². The molecule has 0 aliphatic rings. The van der Waals surface area contributed by atoms with Crippen molar-refractivity contribution in [1.29, 1.82) is 0 Å². The van der Waals surface area contributed by atoms with Crippen LogP contribution < -0.4 is 5.32 Å². The maximum atomic E-state index is 12.2. The van der Waals surface area contributed by atoms with Crippen LogP contribution in [0.2, 0.25) is 0 Å². The van der Waals surface area contributed by atoms with Gasteiger partial charge in [0.25, 0.3) is 5.91 Å². The Balaban J connectivity index is 2.28. The second-order valence-corrected chi connectivity index (χ2v) is 5.66. The van der Waals surface area contributed by atoms with Crippen LogP contribution in [0.5, 0.6) is 0 Å². The molecule has 3 nitrogen and oxygen atoms in total. The molecule has 5 heteroatoms. The minimum Gasteiger partial charge on any atom is -0.392 e. The predicted molar refractivity (Wildman–Crippen MR) is 82.2 cm³/mol. The highest BCUT2D eigenvalue weighted by molar-refractivity contribution is 9.11. The van der Waals surface area contributed by atoms with Gasteiger partial charge in [0.1, 0.15) is 0 Å². The van der Waals surface area contributed by atoms with Gasteiger partial charge in [-0.25, -0.2) is 0 Å². The van der Waals surface area contributed by atoms with Crippen LogP contribution in [0.25, 0.3) is 0 Å². The summed E-state index contributed by atoms with van der Waals surface area (Å²) in [6.45, 7) is -0.115. The van der Waals surface area contributed by atoms with Gasteiger partial charge < -0.3 is 10.4 Å². The van der Waals surface area contributed by atoms with E-state index in [1.807, 2.05) is 18.2 Å². The number of hydrogen-bond acceptors (Lipinski definition) is 2.